The van der Waals surface area contributed by atoms with Gasteiger partial charge in [-0.05, 0) is 13.0 Å². The molecule has 2 bridgehead atoms. The Morgan fingerprint density at radius 2 is 2.18 bits per heavy atom. The highest BCUT2D eigenvalue weighted by Crippen LogP contribution is 2.14. The molecule has 0 radical (unpaired) electrons. The van der Waals surface area contributed by atoms with E-state index in [1.807, 2.05) is 0 Å². The van der Waals surface area contributed by atoms with Crippen molar-refractivity contribution in [3.05, 3.63) is 23.8 Å². The molecule has 1 heteroatoms. The van der Waals surface area contributed by atoms with E-state index in [1.54, 1.807) is 5.57 Å². The molecular weight excluding hydrogens is 134 g/mol. The number of hydrogen-bond donors (Lipinski definition) is 1. The van der Waals surface area contributed by atoms with Crippen molar-refractivity contribution in [3.8, 4) is 0 Å². The minimum Gasteiger partial charge on any atom is -0.337 e. The van der Waals surface area contributed by atoms with Crippen LogP contribution in [0.1, 0.15) is 26.2 Å². The maximum atomic E-state index is 2.52. The molecule has 2 aliphatic rings. The standard InChI is InChI=1S/C10H15N/c1-8-6-9-4-2-3-5-10(7-8)11-9/h2-3,6,9-11H,4-5,7H2,1H3/p+1/t9-,10+/m1/s1. The van der Waals surface area contributed by atoms with Gasteiger partial charge in [-0.15, -0.1) is 0 Å². The molecule has 0 aromatic heterocycles. The normalized spacial score (nSPS) is 36.3. The second kappa shape index (κ2) is 2.82. The van der Waals surface area contributed by atoms with Gasteiger partial charge in [-0.3, -0.25) is 0 Å². The number of hydrogen-bond acceptors (Lipinski definition) is 0. The molecule has 0 aromatic carbocycles. The largest absolute Gasteiger partial charge is 0.337 e. The summed E-state index contributed by atoms with van der Waals surface area (Å²) in [6.07, 6.45) is 10.9. The third kappa shape index (κ3) is 1.54. The van der Waals surface area contributed by atoms with E-state index >= 15 is 0 Å². The molecule has 1 nitrogen and oxygen atoms in total. The van der Waals surface area contributed by atoms with Crippen LogP contribution in [-0.2, 0) is 0 Å². The number of fused-ring (bicyclic) bond motifs is 2. The zero-order valence-electron chi connectivity index (χ0n) is 7.09. The van der Waals surface area contributed by atoms with Crippen LogP contribution < -0.4 is 5.32 Å². The molecule has 2 atom stereocenters. The van der Waals surface area contributed by atoms with Gasteiger partial charge in [0, 0.05) is 19.3 Å². The first-order valence-electron chi connectivity index (χ1n) is 4.52. The predicted octanol–water partition coefficient (Wildman–Crippen LogP) is 0.987. The van der Waals surface area contributed by atoms with Gasteiger partial charge in [-0.25, -0.2) is 0 Å². The Morgan fingerprint density at radius 1 is 1.36 bits per heavy atom. The van der Waals surface area contributed by atoms with Crippen molar-refractivity contribution in [2.75, 3.05) is 0 Å². The van der Waals surface area contributed by atoms with Crippen molar-refractivity contribution in [2.45, 2.75) is 38.3 Å². The Balaban J connectivity index is 2.17. The van der Waals surface area contributed by atoms with Gasteiger partial charge < -0.3 is 5.32 Å². The lowest BCUT2D eigenvalue weighted by Gasteiger charge is -2.22. The van der Waals surface area contributed by atoms with Crippen LogP contribution in [0.3, 0.4) is 0 Å². The van der Waals surface area contributed by atoms with Crippen LogP contribution in [0.15, 0.2) is 23.8 Å². The highest BCUT2D eigenvalue weighted by molar-refractivity contribution is 5.09. The lowest BCUT2D eigenvalue weighted by Crippen LogP contribution is -2.95. The fourth-order valence-electron chi connectivity index (χ4n) is 2.15. The summed E-state index contributed by atoms with van der Waals surface area (Å²) in [4.78, 5) is 0. The molecule has 2 N–H and O–H groups in total. The molecular formula is C10H16N+. The fraction of sp³-hybridized carbons (Fsp3) is 0.600. The predicted molar refractivity (Wildman–Crippen MR) is 46.2 cm³/mol. The van der Waals surface area contributed by atoms with Gasteiger partial charge in [0.25, 0.3) is 0 Å². The summed E-state index contributed by atoms with van der Waals surface area (Å²) >= 11 is 0. The molecule has 11 heavy (non-hydrogen) atoms. The lowest BCUT2D eigenvalue weighted by atomic mass is 9.98. The highest BCUT2D eigenvalue weighted by Gasteiger charge is 2.23. The first-order valence-corrected chi connectivity index (χ1v) is 4.52. The molecule has 0 unspecified atom stereocenters. The number of nitrogens with two attached hydrogens (primary N) is 1. The van der Waals surface area contributed by atoms with E-state index in [4.69, 9.17) is 0 Å². The summed E-state index contributed by atoms with van der Waals surface area (Å²) < 4.78 is 0. The Labute approximate surface area is 68.2 Å². The van der Waals surface area contributed by atoms with Gasteiger partial charge in [0.2, 0.25) is 0 Å². The quantitative estimate of drug-likeness (QED) is 0.496. The van der Waals surface area contributed by atoms with Crippen LogP contribution in [0.25, 0.3) is 0 Å². The maximum Gasteiger partial charge on any atom is 0.108 e. The minimum atomic E-state index is 0.743. The molecule has 0 aliphatic carbocycles. The Bertz CT molecular complexity index is 203. The first-order chi connectivity index (χ1) is 5.34. The molecule has 2 aliphatic heterocycles. The smallest absolute Gasteiger partial charge is 0.108 e. The SMILES string of the molecule is CC1=C[C@H]2CC=CC[C@@H](C1)[NH2+]2. The Hall–Kier alpha value is -0.560. The second-order valence-corrected chi connectivity index (χ2v) is 3.78. The summed E-state index contributed by atoms with van der Waals surface area (Å²) in [5, 5.41) is 2.52. The third-order valence-electron chi connectivity index (χ3n) is 2.62. The number of quaternary nitrogens is 1. The van der Waals surface area contributed by atoms with E-state index in [1.165, 1.54) is 19.3 Å². The van der Waals surface area contributed by atoms with E-state index in [0.717, 1.165) is 12.1 Å². The molecule has 0 saturated heterocycles. The van der Waals surface area contributed by atoms with Crippen LogP contribution >= 0.6 is 0 Å². The van der Waals surface area contributed by atoms with Crippen LogP contribution in [0.2, 0.25) is 0 Å². The third-order valence-corrected chi connectivity index (χ3v) is 2.62. The molecule has 2 heterocycles. The molecule has 0 saturated carbocycles. The molecule has 2 rings (SSSR count). The second-order valence-electron chi connectivity index (χ2n) is 3.78. The molecule has 0 amide bonds. The fourth-order valence-corrected chi connectivity index (χ4v) is 2.15. The van der Waals surface area contributed by atoms with Gasteiger partial charge in [-0.1, -0.05) is 17.7 Å². The van der Waals surface area contributed by atoms with Crippen molar-refractivity contribution in [2.24, 2.45) is 0 Å². The van der Waals surface area contributed by atoms with Crippen molar-refractivity contribution in [1.29, 1.82) is 0 Å². The zero-order valence-corrected chi connectivity index (χ0v) is 7.09. The summed E-state index contributed by atoms with van der Waals surface area (Å²) in [6.45, 7) is 2.26. The van der Waals surface area contributed by atoms with Gasteiger partial charge in [0.05, 0.1) is 6.04 Å². The van der Waals surface area contributed by atoms with Gasteiger partial charge in [0.15, 0.2) is 0 Å². The van der Waals surface area contributed by atoms with E-state index < -0.39 is 0 Å². The lowest BCUT2D eigenvalue weighted by molar-refractivity contribution is -0.712. The molecule has 0 spiro atoms. The minimum absolute atomic E-state index is 0.743. The average molecular weight is 150 g/mol. The topological polar surface area (TPSA) is 16.6 Å². The highest BCUT2D eigenvalue weighted by atomic mass is 15.0. The Morgan fingerprint density at radius 3 is 3.09 bits per heavy atom. The van der Waals surface area contributed by atoms with Crippen LogP contribution in [0, 0.1) is 0 Å². The van der Waals surface area contributed by atoms with Crippen LogP contribution in [0.4, 0.5) is 0 Å². The summed E-state index contributed by atoms with van der Waals surface area (Å²) in [5.74, 6) is 0. The van der Waals surface area contributed by atoms with Gasteiger partial charge in [0.1, 0.15) is 6.04 Å². The van der Waals surface area contributed by atoms with Crippen molar-refractivity contribution in [3.63, 3.8) is 0 Å². The zero-order chi connectivity index (χ0) is 7.68. The maximum absolute atomic E-state index is 2.52. The summed E-state index contributed by atoms with van der Waals surface area (Å²) in [6, 6.07) is 1.58. The molecule has 0 aromatic rings. The Kier molecular flexibility index (Phi) is 1.82. The van der Waals surface area contributed by atoms with Crippen LogP contribution in [0.5, 0.6) is 0 Å². The van der Waals surface area contributed by atoms with E-state index in [9.17, 15) is 0 Å². The van der Waals surface area contributed by atoms with Crippen molar-refractivity contribution < 1.29 is 5.32 Å². The summed E-state index contributed by atoms with van der Waals surface area (Å²) in [5.41, 5.74) is 1.59. The summed E-state index contributed by atoms with van der Waals surface area (Å²) in [7, 11) is 0. The van der Waals surface area contributed by atoms with Crippen molar-refractivity contribution >= 4 is 0 Å². The van der Waals surface area contributed by atoms with E-state index in [-0.39, 0.29) is 0 Å². The van der Waals surface area contributed by atoms with Crippen LogP contribution in [-0.4, -0.2) is 12.1 Å². The van der Waals surface area contributed by atoms with E-state index in [0.29, 0.717) is 0 Å². The monoisotopic (exact) mass is 150 g/mol. The van der Waals surface area contributed by atoms with Gasteiger partial charge >= 0.3 is 0 Å². The van der Waals surface area contributed by atoms with Crippen molar-refractivity contribution in [1.82, 2.24) is 0 Å². The molecule has 60 valence electrons. The average Bonchev–Trinajstić information content (AvgIpc) is 2.11. The van der Waals surface area contributed by atoms with Gasteiger partial charge in [-0.2, -0.15) is 0 Å². The molecule has 0 fully saturated rings. The first kappa shape index (κ1) is 7.11. The van der Waals surface area contributed by atoms with E-state index in [2.05, 4.69) is 30.5 Å². The number of rotatable bonds is 0.